The molecule has 0 aliphatic heterocycles. The normalized spacial score (nSPS) is 10.9. The standard InChI is InChI=1S/C11H8N2O2/c14-11(15)6-5-8-7-12-9-3-1-2-4-10(9)13-8/h1-7H,(H,14,15)/p-1/b6-5+. The molecule has 0 aliphatic rings. The van der Waals surface area contributed by atoms with Gasteiger partial charge < -0.3 is 9.90 Å². The average Bonchev–Trinajstić information content (AvgIpc) is 2.26. The van der Waals surface area contributed by atoms with Gasteiger partial charge in [-0.15, -0.1) is 0 Å². The van der Waals surface area contributed by atoms with Gasteiger partial charge in [0, 0.05) is 0 Å². The number of hydrogen-bond acceptors (Lipinski definition) is 4. The molecule has 2 aromatic rings. The minimum Gasteiger partial charge on any atom is -0.545 e. The van der Waals surface area contributed by atoms with Crippen LogP contribution in [0.25, 0.3) is 17.1 Å². The number of fused-ring (bicyclic) bond motifs is 1. The van der Waals surface area contributed by atoms with E-state index >= 15 is 0 Å². The number of carboxylic acid groups (broad SMARTS) is 1. The van der Waals surface area contributed by atoms with Gasteiger partial charge in [0.1, 0.15) is 0 Å². The molecule has 74 valence electrons. The Labute approximate surface area is 85.9 Å². The summed E-state index contributed by atoms with van der Waals surface area (Å²) < 4.78 is 0. The summed E-state index contributed by atoms with van der Waals surface area (Å²) in [6, 6.07) is 7.38. The average molecular weight is 199 g/mol. The van der Waals surface area contributed by atoms with E-state index in [9.17, 15) is 9.90 Å². The van der Waals surface area contributed by atoms with Crippen molar-refractivity contribution >= 4 is 23.1 Å². The number of carbonyl (C=O) groups excluding carboxylic acids is 1. The number of hydrogen-bond donors (Lipinski definition) is 0. The van der Waals surface area contributed by atoms with Crippen LogP contribution in [0.5, 0.6) is 0 Å². The largest absolute Gasteiger partial charge is 0.545 e. The highest BCUT2D eigenvalue weighted by Gasteiger charge is 1.95. The van der Waals surface area contributed by atoms with Crippen LogP contribution in [-0.4, -0.2) is 15.9 Å². The molecule has 0 fully saturated rings. The molecule has 0 atom stereocenters. The fourth-order valence-electron chi connectivity index (χ4n) is 1.21. The topological polar surface area (TPSA) is 65.9 Å². The highest BCUT2D eigenvalue weighted by molar-refractivity contribution is 5.83. The molecule has 0 saturated heterocycles. The van der Waals surface area contributed by atoms with E-state index in [1.54, 1.807) is 0 Å². The van der Waals surface area contributed by atoms with Gasteiger partial charge >= 0.3 is 0 Å². The summed E-state index contributed by atoms with van der Waals surface area (Å²) in [5.74, 6) is -1.25. The van der Waals surface area contributed by atoms with Crippen LogP contribution in [0.3, 0.4) is 0 Å². The monoisotopic (exact) mass is 199 g/mol. The smallest absolute Gasteiger partial charge is 0.0894 e. The van der Waals surface area contributed by atoms with Gasteiger partial charge in [-0.1, -0.05) is 12.1 Å². The maximum Gasteiger partial charge on any atom is 0.0894 e. The number of aromatic nitrogens is 2. The Hall–Kier alpha value is -2.23. The number of carboxylic acids is 1. The summed E-state index contributed by atoms with van der Waals surface area (Å²) >= 11 is 0. The van der Waals surface area contributed by atoms with Gasteiger partial charge in [-0.3, -0.25) is 4.98 Å². The van der Waals surface area contributed by atoms with Crippen LogP contribution in [0.4, 0.5) is 0 Å². The van der Waals surface area contributed by atoms with Crippen molar-refractivity contribution in [2.24, 2.45) is 0 Å². The molecule has 2 rings (SSSR count). The van der Waals surface area contributed by atoms with Crippen LogP contribution in [-0.2, 0) is 4.79 Å². The van der Waals surface area contributed by atoms with Crippen molar-refractivity contribution < 1.29 is 9.90 Å². The molecule has 15 heavy (non-hydrogen) atoms. The maximum absolute atomic E-state index is 10.2. The van der Waals surface area contributed by atoms with Crippen LogP contribution >= 0.6 is 0 Å². The highest BCUT2D eigenvalue weighted by atomic mass is 16.4. The van der Waals surface area contributed by atoms with Gasteiger partial charge in [-0.2, -0.15) is 0 Å². The van der Waals surface area contributed by atoms with Crippen molar-refractivity contribution in [1.82, 2.24) is 9.97 Å². The van der Waals surface area contributed by atoms with E-state index in [0.717, 1.165) is 17.1 Å². The van der Waals surface area contributed by atoms with Crippen LogP contribution in [0.2, 0.25) is 0 Å². The molecule has 0 bridgehead atoms. The molecule has 0 N–H and O–H groups in total. The third kappa shape index (κ3) is 2.17. The molecule has 0 aliphatic carbocycles. The van der Waals surface area contributed by atoms with E-state index in [4.69, 9.17) is 0 Å². The predicted octanol–water partition coefficient (Wildman–Crippen LogP) is 0.393. The van der Waals surface area contributed by atoms with Crippen molar-refractivity contribution in [2.45, 2.75) is 0 Å². The zero-order chi connectivity index (χ0) is 10.7. The Kier molecular flexibility index (Phi) is 2.41. The number of rotatable bonds is 2. The molecule has 0 saturated carbocycles. The van der Waals surface area contributed by atoms with E-state index in [1.165, 1.54) is 12.3 Å². The minimum atomic E-state index is -1.25. The van der Waals surface area contributed by atoms with E-state index < -0.39 is 5.97 Å². The molecule has 4 nitrogen and oxygen atoms in total. The second-order valence-electron chi connectivity index (χ2n) is 2.94. The Morgan fingerprint density at radius 3 is 2.73 bits per heavy atom. The van der Waals surface area contributed by atoms with Crippen LogP contribution < -0.4 is 5.11 Å². The Balaban J connectivity index is 2.43. The third-order valence-electron chi connectivity index (χ3n) is 1.86. The first-order chi connectivity index (χ1) is 7.25. The summed E-state index contributed by atoms with van der Waals surface area (Å²) in [5, 5.41) is 10.2. The number of benzene rings is 1. The Morgan fingerprint density at radius 1 is 1.27 bits per heavy atom. The SMILES string of the molecule is O=C([O-])/C=C/c1cnc2ccccc2n1. The van der Waals surface area contributed by atoms with Crippen molar-refractivity contribution in [3.05, 3.63) is 42.2 Å². The van der Waals surface area contributed by atoms with E-state index in [2.05, 4.69) is 9.97 Å². The van der Waals surface area contributed by atoms with Gasteiger partial charge in [-0.05, 0) is 24.3 Å². The van der Waals surface area contributed by atoms with E-state index in [0.29, 0.717) is 5.69 Å². The van der Waals surface area contributed by atoms with E-state index in [1.807, 2.05) is 24.3 Å². The fraction of sp³-hybridized carbons (Fsp3) is 0. The zero-order valence-electron chi connectivity index (χ0n) is 7.75. The van der Waals surface area contributed by atoms with Crippen LogP contribution in [0, 0.1) is 0 Å². The molecule has 1 aromatic carbocycles. The zero-order valence-corrected chi connectivity index (χ0v) is 7.75. The van der Waals surface area contributed by atoms with Crippen LogP contribution in [0.1, 0.15) is 5.69 Å². The number of nitrogens with zero attached hydrogens (tertiary/aromatic N) is 2. The minimum absolute atomic E-state index is 0.498. The van der Waals surface area contributed by atoms with Crippen molar-refractivity contribution in [2.75, 3.05) is 0 Å². The molecule has 0 radical (unpaired) electrons. The lowest BCUT2D eigenvalue weighted by Crippen LogP contribution is -2.18. The molecule has 4 heteroatoms. The summed E-state index contributed by atoms with van der Waals surface area (Å²) in [5.41, 5.74) is 2.01. The second-order valence-corrected chi connectivity index (χ2v) is 2.94. The molecule has 1 heterocycles. The summed E-state index contributed by atoms with van der Waals surface area (Å²) in [7, 11) is 0. The summed E-state index contributed by atoms with van der Waals surface area (Å²) in [4.78, 5) is 18.5. The first kappa shape index (κ1) is 9.33. The summed E-state index contributed by atoms with van der Waals surface area (Å²) in [6.45, 7) is 0. The lowest BCUT2D eigenvalue weighted by atomic mass is 10.3. The quantitative estimate of drug-likeness (QED) is 0.656. The maximum atomic E-state index is 10.2. The first-order valence-electron chi connectivity index (χ1n) is 4.36. The number of aliphatic carboxylic acids is 1. The first-order valence-corrected chi connectivity index (χ1v) is 4.36. The molecule has 0 amide bonds. The molecule has 0 spiro atoms. The number of carbonyl (C=O) groups is 1. The molecular weight excluding hydrogens is 192 g/mol. The lowest BCUT2D eigenvalue weighted by Gasteiger charge is -1.97. The summed E-state index contributed by atoms with van der Waals surface area (Å²) in [6.07, 6.45) is 3.80. The van der Waals surface area contributed by atoms with Gasteiger partial charge in [0.05, 0.1) is 28.9 Å². The van der Waals surface area contributed by atoms with Crippen molar-refractivity contribution in [3.63, 3.8) is 0 Å². The van der Waals surface area contributed by atoms with Gasteiger partial charge in [0.2, 0.25) is 0 Å². The fourth-order valence-corrected chi connectivity index (χ4v) is 1.21. The van der Waals surface area contributed by atoms with Gasteiger partial charge in [0.15, 0.2) is 0 Å². The molecule has 0 unspecified atom stereocenters. The Morgan fingerprint density at radius 2 is 2.00 bits per heavy atom. The van der Waals surface area contributed by atoms with Gasteiger partial charge in [-0.25, -0.2) is 4.98 Å². The molecule has 1 aromatic heterocycles. The highest BCUT2D eigenvalue weighted by Crippen LogP contribution is 2.08. The lowest BCUT2D eigenvalue weighted by molar-refractivity contribution is -0.297. The predicted molar refractivity (Wildman–Crippen MR) is 53.6 cm³/mol. The molecular formula is C11H7N2O2-. The van der Waals surface area contributed by atoms with E-state index in [-0.39, 0.29) is 0 Å². The third-order valence-corrected chi connectivity index (χ3v) is 1.86. The van der Waals surface area contributed by atoms with Crippen LogP contribution in [0.15, 0.2) is 36.5 Å². The van der Waals surface area contributed by atoms with Crippen molar-refractivity contribution in [1.29, 1.82) is 0 Å². The Bertz CT molecular complexity index is 535. The number of para-hydroxylation sites is 2. The van der Waals surface area contributed by atoms with Crippen molar-refractivity contribution in [3.8, 4) is 0 Å². The van der Waals surface area contributed by atoms with Gasteiger partial charge in [0.25, 0.3) is 0 Å². The second kappa shape index (κ2) is 3.88.